The molecule has 2 aliphatic rings. The molecule has 1 amide bonds. The zero-order valence-electron chi connectivity index (χ0n) is 17.8. The van der Waals surface area contributed by atoms with E-state index >= 15 is 0 Å². The van der Waals surface area contributed by atoms with Gasteiger partial charge in [0.15, 0.2) is 0 Å². The standard InChI is InChI=1S/C18H24N10O5/c19-18-22-23-24-27(18)12-17(29)21-20-11-13-9-16(28(30)31)15(26-3-7-33-8-4-26)10-14(13)25-1-5-32-6-2-25/h9-11H,1-8,12H2,(H,21,29)(H2,19,22,24). The van der Waals surface area contributed by atoms with Crippen molar-refractivity contribution < 1.29 is 19.2 Å². The van der Waals surface area contributed by atoms with Crippen LogP contribution in [0.4, 0.5) is 23.0 Å². The molecule has 4 rings (SSSR count). The summed E-state index contributed by atoms with van der Waals surface area (Å²) < 4.78 is 12.0. The Kier molecular flexibility index (Phi) is 6.89. The van der Waals surface area contributed by atoms with Crippen molar-refractivity contribution in [2.45, 2.75) is 6.54 Å². The van der Waals surface area contributed by atoms with Crippen LogP contribution >= 0.6 is 0 Å². The molecule has 0 bridgehead atoms. The lowest BCUT2D eigenvalue weighted by atomic mass is 10.1. The van der Waals surface area contributed by atoms with Crippen molar-refractivity contribution in [2.24, 2.45) is 5.10 Å². The Morgan fingerprint density at radius 3 is 2.36 bits per heavy atom. The van der Waals surface area contributed by atoms with Crippen molar-refractivity contribution in [3.05, 3.63) is 27.8 Å². The molecule has 1 aromatic heterocycles. The summed E-state index contributed by atoms with van der Waals surface area (Å²) in [7, 11) is 0. The molecular formula is C18H24N10O5. The summed E-state index contributed by atoms with van der Waals surface area (Å²) in [5.74, 6) is -0.504. The van der Waals surface area contributed by atoms with Crippen molar-refractivity contribution in [3.8, 4) is 0 Å². The number of nitrogens with two attached hydrogens (primary N) is 1. The molecule has 1 aromatic carbocycles. The maximum absolute atomic E-state index is 12.1. The van der Waals surface area contributed by atoms with Gasteiger partial charge in [-0.1, -0.05) is 5.10 Å². The van der Waals surface area contributed by atoms with E-state index in [2.05, 4.69) is 31.0 Å². The number of morpholine rings is 2. The number of hydrazone groups is 1. The van der Waals surface area contributed by atoms with Gasteiger partial charge in [0.1, 0.15) is 12.2 Å². The van der Waals surface area contributed by atoms with Gasteiger partial charge >= 0.3 is 0 Å². The topological polar surface area (TPSA) is 179 Å². The monoisotopic (exact) mass is 460 g/mol. The number of rotatable bonds is 7. The second kappa shape index (κ2) is 10.2. The number of benzene rings is 1. The summed E-state index contributed by atoms with van der Waals surface area (Å²) in [6.45, 7) is 4.27. The molecule has 0 saturated carbocycles. The highest BCUT2D eigenvalue weighted by molar-refractivity contribution is 5.93. The molecule has 33 heavy (non-hydrogen) atoms. The fraction of sp³-hybridized carbons (Fsp3) is 0.500. The fourth-order valence-corrected chi connectivity index (χ4v) is 3.64. The van der Waals surface area contributed by atoms with Gasteiger partial charge < -0.3 is 25.0 Å². The molecule has 15 heteroatoms. The largest absolute Gasteiger partial charge is 0.378 e. The predicted molar refractivity (Wildman–Crippen MR) is 117 cm³/mol. The number of hydrogen-bond donors (Lipinski definition) is 2. The van der Waals surface area contributed by atoms with Crippen LogP contribution in [0.25, 0.3) is 0 Å². The van der Waals surface area contributed by atoms with Crippen molar-refractivity contribution in [3.63, 3.8) is 0 Å². The first-order valence-corrected chi connectivity index (χ1v) is 10.3. The van der Waals surface area contributed by atoms with Crippen LogP contribution in [0.2, 0.25) is 0 Å². The lowest BCUT2D eigenvalue weighted by Gasteiger charge is -2.33. The Morgan fingerprint density at radius 2 is 1.79 bits per heavy atom. The number of tetrazole rings is 1. The van der Waals surface area contributed by atoms with Gasteiger partial charge in [0, 0.05) is 43.5 Å². The molecule has 15 nitrogen and oxygen atoms in total. The molecule has 0 spiro atoms. The molecule has 0 radical (unpaired) electrons. The number of nitrogen functional groups attached to an aromatic ring is 1. The average Bonchev–Trinajstić information content (AvgIpc) is 3.23. The minimum atomic E-state index is -0.502. The molecule has 0 aliphatic carbocycles. The average molecular weight is 460 g/mol. The van der Waals surface area contributed by atoms with Gasteiger partial charge in [-0.25, -0.2) is 10.1 Å². The lowest BCUT2D eigenvalue weighted by molar-refractivity contribution is -0.384. The highest BCUT2D eigenvalue weighted by Gasteiger charge is 2.26. The van der Waals surface area contributed by atoms with Crippen LogP contribution in [0.5, 0.6) is 0 Å². The number of nitro groups is 1. The molecule has 0 atom stereocenters. The predicted octanol–water partition coefficient (Wildman–Crippen LogP) is -1.01. The highest BCUT2D eigenvalue weighted by Crippen LogP contribution is 2.36. The summed E-state index contributed by atoms with van der Waals surface area (Å²) in [4.78, 5) is 27.6. The molecule has 2 fully saturated rings. The number of hydrogen-bond acceptors (Lipinski definition) is 12. The van der Waals surface area contributed by atoms with Gasteiger partial charge in [-0.3, -0.25) is 14.9 Å². The van der Waals surface area contributed by atoms with Gasteiger partial charge in [-0.2, -0.15) is 5.10 Å². The van der Waals surface area contributed by atoms with Crippen LogP contribution in [0.15, 0.2) is 17.2 Å². The van der Waals surface area contributed by atoms with Crippen molar-refractivity contribution in [2.75, 3.05) is 68.1 Å². The van der Waals surface area contributed by atoms with Gasteiger partial charge in [0.25, 0.3) is 11.6 Å². The van der Waals surface area contributed by atoms with E-state index in [-0.39, 0.29) is 18.2 Å². The van der Waals surface area contributed by atoms with Crippen molar-refractivity contribution in [1.29, 1.82) is 0 Å². The Bertz CT molecular complexity index is 1030. The second-order valence-corrected chi connectivity index (χ2v) is 7.34. The second-order valence-electron chi connectivity index (χ2n) is 7.34. The number of amides is 1. The summed E-state index contributed by atoms with van der Waals surface area (Å²) in [5.41, 5.74) is 9.68. The summed E-state index contributed by atoms with van der Waals surface area (Å²) in [6.07, 6.45) is 1.39. The molecule has 3 N–H and O–H groups in total. The number of nitrogens with zero attached hydrogens (tertiary/aromatic N) is 8. The number of ether oxygens (including phenoxy) is 2. The summed E-state index contributed by atoms with van der Waals surface area (Å²) in [5, 5.41) is 26.3. The molecule has 0 unspecified atom stereocenters. The third kappa shape index (κ3) is 5.32. The van der Waals surface area contributed by atoms with Crippen LogP contribution in [-0.4, -0.2) is 89.9 Å². The van der Waals surface area contributed by atoms with Gasteiger partial charge in [-0.15, -0.1) is 0 Å². The van der Waals surface area contributed by atoms with Gasteiger partial charge in [0.05, 0.1) is 37.6 Å². The van der Waals surface area contributed by atoms with E-state index in [0.717, 1.165) is 10.4 Å². The zero-order chi connectivity index (χ0) is 23.2. The summed E-state index contributed by atoms with van der Waals surface area (Å²) in [6, 6.07) is 3.28. The Hall–Kier alpha value is -3.85. The number of aromatic nitrogens is 4. The quantitative estimate of drug-likeness (QED) is 0.293. The van der Waals surface area contributed by atoms with E-state index in [9.17, 15) is 14.9 Å². The first kappa shape index (κ1) is 22.3. The van der Waals surface area contributed by atoms with E-state index in [1.165, 1.54) is 12.3 Å². The number of anilines is 3. The highest BCUT2D eigenvalue weighted by atomic mass is 16.6. The zero-order valence-corrected chi connectivity index (χ0v) is 17.8. The number of nitro benzene ring substituents is 1. The van der Waals surface area contributed by atoms with E-state index in [1.54, 1.807) is 6.07 Å². The van der Waals surface area contributed by atoms with Crippen LogP contribution in [0.1, 0.15) is 5.56 Å². The van der Waals surface area contributed by atoms with E-state index in [4.69, 9.17) is 15.2 Å². The normalized spacial score (nSPS) is 16.8. The first-order valence-electron chi connectivity index (χ1n) is 10.3. The van der Waals surface area contributed by atoms with E-state index < -0.39 is 10.8 Å². The molecule has 2 aliphatic heterocycles. The van der Waals surface area contributed by atoms with Crippen LogP contribution in [0, 0.1) is 10.1 Å². The number of carbonyl (C=O) groups is 1. The van der Waals surface area contributed by atoms with Gasteiger partial charge in [0.2, 0.25) is 5.95 Å². The van der Waals surface area contributed by atoms with Crippen molar-refractivity contribution >= 4 is 35.1 Å². The maximum Gasteiger partial charge on any atom is 0.293 e. The molecular weight excluding hydrogens is 436 g/mol. The maximum atomic E-state index is 12.1. The number of nitrogens with one attached hydrogen (secondary N) is 1. The first-order chi connectivity index (χ1) is 16.0. The smallest absolute Gasteiger partial charge is 0.293 e. The summed E-state index contributed by atoms with van der Waals surface area (Å²) >= 11 is 0. The number of carbonyl (C=O) groups excluding carboxylic acids is 1. The third-order valence-corrected chi connectivity index (χ3v) is 5.27. The Morgan fingerprint density at radius 1 is 1.15 bits per heavy atom. The van der Waals surface area contributed by atoms with E-state index in [0.29, 0.717) is 63.9 Å². The third-order valence-electron chi connectivity index (χ3n) is 5.27. The fourth-order valence-electron chi connectivity index (χ4n) is 3.64. The molecule has 176 valence electrons. The van der Waals surface area contributed by atoms with Crippen molar-refractivity contribution in [1.82, 2.24) is 25.6 Å². The molecule has 2 aromatic rings. The lowest BCUT2D eigenvalue weighted by Crippen LogP contribution is -2.38. The van der Waals surface area contributed by atoms with Crippen LogP contribution in [-0.2, 0) is 20.8 Å². The van der Waals surface area contributed by atoms with E-state index in [1.807, 2.05) is 4.90 Å². The Balaban J connectivity index is 1.61. The SMILES string of the molecule is Nc1nnnn1CC(=O)NN=Cc1cc([N+](=O)[O-])c(N2CCOCC2)cc1N1CCOCC1. The van der Waals surface area contributed by atoms with Crippen LogP contribution in [0.3, 0.4) is 0 Å². The minimum Gasteiger partial charge on any atom is -0.378 e. The molecule has 3 heterocycles. The van der Waals surface area contributed by atoms with Crippen LogP contribution < -0.4 is 21.0 Å². The molecule has 2 saturated heterocycles. The minimum absolute atomic E-state index is 0.00180. The van der Waals surface area contributed by atoms with Gasteiger partial charge in [-0.05, 0) is 16.5 Å². The Labute approximate surface area is 188 Å².